The zero-order valence-corrected chi connectivity index (χ0v) is 20.0. The number of halogens is 1. The average Bonchev–Trinajstić information content (AvgIpc) is 2.90. The quantitative estimate of drug-likeness (QED) is 0.365. The van der Waals surface area contributed by atoms with E-state index >= 15 is 0 Å². The predicted octanol–water partition coefficient (Wildman–Crippen LogP) is 4.88. The maximum absolute atomic E-state index is 13.6. The fourth-order valence-electron chi connectivity index (χ4n) is 4.29. The number of carbonyl (C=O) groups is 2. The summed E-state index contributed by atoms with van der Waals surface area (Å²) in [4.78, 5) is 45.1. The van der Waals surface area contributed by atoms with Gasteiger partial charge in [-0.3, -0.25) is 23.9 Å². The molecule has 0 bridgehead atoms. The fraction of sp³-hybridized carbons (Fsp3) is 0.103. The van der Waals surface area contributed by atoms with Gasteiger partial charge in [-0.25, -0.2) is 9.37 Å². The number of hydrogen-bond acceptors (Lipinski definition) is 4. The van der Waals surface area contributed by atoms with Gasteiger partial charge in [-0.15, -0.1) is 0 Å². The van der Waals surface area contributed by atoms with Crippen molar-refractivity contribution in [3.63, 3.8) is 0 Å². The molecule has 1 aromatic heterocycles. The van der Waals surface area contributed by atoms with Crippen LogP contribution in [0.4, 0.5) is 15.9 Å². The number of hydrogen-bond donors (Lipinski definition) is 1. The number of aromatic nitrogens is 2. The lowest BCUT2D eigenvalue weighted by atomic mass is 10.1. The maximum Gasteiger partial charge on any atom is 0.294 e. The number of rotatable bonds is 6. The molecule has 0 aliphatic carbocycles. The smallest absolute Gasteiger partial charge is 0.294 e. The van der Waals surface area contributed by atoms with Crippen LogP contribution in [0.5, 0.6) is 0 Å². The highest BCUT2D eigenvalue weighted by molar-refractivity contribution is 6.02. The Kier molecular flexibility index (Phi) is 6.47. The van der Waals surface area contributed by atoms with E-state index in [4.69, 9.17) is 0 Å². The van der Waals surface area contributed by atoms with Gasteiger partial charge in [-0.1, -0.05) is 60.7 Å². The summed E-state index contributed by atoms with van der Waals surface area (Å²) in [5.74, 6) is -1.31. The Morgan fingerprint density at radius 2 is 1.62 bits per heavy atom. The molecule has 0 fully saturated rings. The molecule has 0 spiro atoms. The van der Waals surface area contributed by atoms with Gasteiger partial charge in [-0.05, 0) is 41.3 Å². The summed E-state index contributed by atoms with van der Waals surface area (Å²) in [5.41, 5.74) is 1.61. The number of amides is 2. The molecule has 1 heterocycles. The molecule has 0 atom stereocenters. The summed E-state index contributed by atoms with van der Waals surface area (Å²) in [6.07, 6.45) is 0. The second-order valence-corrected chi connectivity index (χ2v) is 8.62. The van der Waals surface area contributed by atoms with Gasteiger partial charge in [0.15, 0.2) is 0 Å². The van der Waals surface area contributed by atoms with Gasteiger partial charge in [-0.2, -0.15) is 0 Å². The highest BCUT2D eigenvalue weighted by Gasteiger charge is 2.22. The molecular weight excluding hydrogens is 471 g/mol. The normalized spacial score (nSPS) is 11.0. The van der Waals surface area contributed by atoms with Crippen molar-refractivity contribution in [2.24, 2.45) is 0 Å². The van der Waals surface area contributed by atoms with Crippen LogP contribution in [0.2, 0.25) is 0 Å². The van der Waals surface area contributed by atoms with E-state index in [1.807, 2.05) is 36.4 Å². The number of para-hydroxylation sites is 2. The van der Waals surface area contributed by atoms with Crippen molar-refractivity contribution < 1.29 is 14.0 Å². The second kappa shape index (κ2) is 10.0. The summed E-state index contributed by atoms with van der Waals surface area (Å²) in [7, 11) is 0. The lowest BCUT2D eigenvalue weighted by molar-refractivity contribution is -0.117. The summed E-state index contributed by atoms with van der Waals surface area (Å²) in [6.45, 7) is 1.08. The summed E-state index contributed by atoms with van der Waals surface area (Å²) in [5, 5.41) is 4.77. The van der Waals surface area contributed by atoms with E-state index in [0.29, 0.717) is 22.3 Å². The summed E-state index contributed by atoms with van der Waals surface area (Å²) in [6, 6.07) is 25.9. The number of nitrogens with one attached hydrogen (secondary N) is 1. The van der Waals surface area contributed by atoms with E-state index in [1.165, 1.54) is 28.5 Å². The topological polar surface area (TPSA) is 84.3 Å². The van der Waals surface area contributed by atoms with Crippen LogP contribution in [0.3, 0.4) is 0 Å². The second-order valence-electron chi connectivity index (χ2n) is 8.62. The Labute approximate surface area is 211 Å². The molecule has 4 aromatic carbocycles. The Hall–Kier alpha value is -4.85. The van der Waals surface area contributed by atoms with Crippen LogP contribution < -0.4 is 15.8 Å². The fourth-order valence-corrected chi connectivity index (χ4v) is 4.29. The van der Waals surface area contributed by atoms with Gasteiger partial charge in [0.2, 0.25) is 17.6 Å². The number of benzene rings is 4. The average molecular weight is 495 g/mol. The first-order valence-corrected chi connectivity index (χ1v) is 11.7. The third-order valence-corrected chi connectivity index (χ3v) is 6.09. The van der Waals surface area contributed by atoms with Crippen LogP contribution in [-0.4, -0.2) is 21.4 Å². The van der Waals surface area contributed by atoms with Gasteiger partial charge < -0.3 is 5.32 Å². The van der Waals surface area contributed by atoms with E-state index < -0.39 is 23.2 Å². The zero-order valence-electron chi connectivity index (χ0n) is 20.0. The van der Waals surface area contributed by atoms with E-state index in [-0.39, 0.29) is 18.9 Å². The van der Waals surface area contributed by atoms with Crippen molar-refractivity contribution in [2.75, 3.05) is 10.2 Å². The molecule has 184 valence electrons. The van der Waals surface area contributed by atoms with Crippen molar-refractivity contribution in [2.45, 2.75) is 20.0 Å². The van der Waals surface area contributed by atoms with Gasteiger partial charge in [0.1, 0.15) is 12.4 Å². The third-order valence-electron chi connectivity index (χ3n) is 6.09. The highest BCUT2D eigenvalue weighted by atomic mass is 19.1. The van der Waals surface area contributed by atoms with Crippen LogP contribution in [0.25, 0.3) is 21.8 Å². The molecule has 1 N–H and O–H groups in total. The number of anilines is 2. The molecule has 0 saturated heterocycles. The lowest BCUT2D eigenvalue weighted by Gasteiger charge is -2.21. The molecular formula is C29H23FN4O3. The standard InChI is InChI=1S/C29H23FN4O3/c1-19(35)33(17-20-13-15-22(30)16-14-20)28-29(37)34(26-12-5-4-10-25(26)32-28)18-27(36)31-24-11-6-8-21-7-2-3-9-23(21)24/h2-16H,17-18H2,1H3,(H,31,36). The largest absolute Gasteiger partial charge is 0.324 e. The van der Waals surface area contributed by atoms with E-state index in [0.717, 1.165) is 10.8 Å². The molecule has 2 amide bonds. The number of fused-ring (bicyclic) bond motifs is 2. The van der Waals surface area contributed by atoms with Crippen LogP contribution in [-0.2, 0) is 22.7 Å². The van der Waals surface area contributed by atoms with Gasteiger partial charge in [0.25, 0.3) is 5.56 Å². The Balaban J connectivity index is 1.53. The monoisotopic (exact) mass is 494 g/mol. The number of nitrogens with zero attached hydrogens (tertiary/aromatic N) is 3. The van der Waals surface area contributed by atoms with E-state index in [1.54, 1.807) is 42.5 Å². The first kappa shape index (κ1) is 23.9. The summed E-state index contributed by atoms with van der Waals surface area (Å²) < 4.78 is 14.7. The van der Waals surface area contributed by atoms with Crippen LogP contribution >= 0.6 is 0 Å². The molecule has 5 aromatic rings. The first-order valence-electron chi connectivity index (χ1n) is 11.7. The number of carbonyl (C=O) groups excluding carboxylic acids is 2. The van der Waals surface area contributed by atoms with Crippen molar-refractivity contribution in [1.29, 1.82) is 0 Å². The van der Waals surface area contributed by atoms with Gasteiger partial charge in [0.05, 0.1) is 17.6 Å². The molecule has 0 aliphatic rings. The SMILES string of the molecule is CC(=O)N(Cc1ccc(F)cc1)c1nc2ccccc2n(CC(=O)Nc2cccc3ccccc23)c1=O. The third kappa shape index (κ3) is 4.95. The Morgan fingerprint density at radius 3 is 2.41 bits per heavy atom. The van der Waals surface area contributed by atoms with Crippen LogP contribution in [0, 0.1) is 5.82 Å². The molecule has 0 unspecified atom stereocenters. The zero-order chi connectivity index (χ0) is 25.9. The van der Waals surface area contributed by atoms with Crippen LogP contribution in [0.15, 0.2) is 95.8 Å². The van der Waals surface area contributed by atoms with Gasteiger partial charge in [0, 0.05) is 18.0 Å². The molecule has 0 radical (unpaired) electrons. The minimum Gasteiger partial charge on any atom is -0.324 e. The summed E-state index contributed by atoms with van der Waals surface area (Å²) >= 11 is 0. The van der Waals surface area contributed by atoms with E-state index in [2.05, 4.69) is 10.3 Å². The van der Waals surface area contributed by atoms with Crippen molar-refractivity contribution in [1.82, 2.24) is 9.55 Å². The molecule has 5 rings (SSSR count). The van der Waals surface area contributed by atoms with Gasteiger partial charge >= 0.3 is 0 Å². The highest BCUT2D eigenvalue weighted by Crippen LogP contribution is 2.23. The molecule has 7 nitrogen and oxygen atoms in total. The lowest BCUT2D eigenvalue weighted by Crippen LogP contribution is -2.38. The van der Waals surface area contributed by atoms with E-state index in [9.17, 15) is 18.8 Å². The minimum absolute atomic E-state index is 0.0262. The van der Waals surface area contributed by atoms with Crippen molar-refractivity contribution in [3.8, 4) is 0 Å². The maximum atomic E-state index is 13.6. The first-order chi connectivity index (χ1) is 17.9. The minimum atomic E-state index is -0.580. The predicted molar refractivity (Wildman–Crippen MR) is 142 cm³/mol. The molecule has 0 saturated carbocycles. The molecule has 8 heteroatoms. The van der Waals surface area contributed by atoms with Crippen molar-refractivity contribution in [3.05, 3.63) is 113 Å². The van der Waals surface area contributed by atoms with Crippen LogP contribution in [0.1, 0.15) is 12.5 Å². The molecule has 37 heavy (non-hydrogen) atoms. The Bertz CT molecular complexity index is 1690. The molecule has 0 aliphatic heterocycles. The Morgan fingerprint density at radius 1 is 0.919 bits per heavy atom. The van der Waals surface area contributed by atoms with Crippen molar-refractivity contribution >= 4 is 45.1 Å².